The van der Waals surface area contributed by atoms with Crippen molar-refractivity contribution in [2.24, 2.45) is 0 Å². The van der Waals surface area contributed by atoms with Gasteiger partial charge in [-0.1, -0.05) is 87.5 Å². The standard InChI is InChI=1S/C43H43N3O5/c1-43(2,3)31-20-16-29(17-21-31)26-30-10-9-13-35-39(33-11-5-7-14-36(33)46-40(30)35)42(49)51-27-38(47)45-37-15-8-6-12-34(37)41(48)44-25-24-28-18-22-32(50-4)23-19-28/h5-8,11-12,14-23,26H,9-10,13,24-25,27H2,1-4H3,(H,44,48)(H,45,47). The van der Waals surface area contributed by atoms with Crippen molar-refractivity contribution in [2.75, 3.05) is 25.6 Å². The second kappa shape index (κ2) is 15.4. The number of esters is 1. The quantitative estimate of drug-likeness (QED) is 0.144. The molecular weight excluding hydrogens is 638 g/mol. The number of benzene rings is 4. The highest BCUT2D eigenvalue weighted by molar-refractivity contribution is 6.08. The Morgan fingerprint density at radius 3 is 2.33 bits per heavy atom. The molecule has 0 radical (unpaired) electrons. The summed E-state index contributed by atoms with van der Waals surface area (Å²) in [5.74, 6) is -0.680. The molecule has 4 aromatic carbocycles. The van der Waals surface area contributed by atoms with Gasteiger partial charge in [-0.25, -0.2) is 9.78 Å². The molecular formula is C43H43N3O5. The van der Waals surface area contributed by atoms with Crippen LogP contribution in [-0.4, -0.2) is 43.0 Å². The number of para-hydroxylation sites is 2. The SMILES string of the molecule is COc1ccc(CCNC(=O)c2ccccc2NC(=O)COC(=O)c2c3c(nc4ccccc24)C(=Cc2ccc(C(C)(C)C)cc2)CCC3)cc1. The largest absolute Gasteiger partial charge is 0.497 e. The van der Waals surface area contributed by atoms with Gasteiger partial charge in [0, 0.05) is 11.9 Å². The summed E-state index contributed by atoms with van der Waals surface area (Å²) in [5.41, 5.74) is 7.93. The molecule has 0 spiro atoms. The summed E-state index contributed by atoms with van der Waals surface area (Å²) >= 11 is 0. The number of methoxy groups -OCH3 is 1. The fourth-order valence-corrected chi connectivity index (χ4v) is 6.38. The smallest absolute Gasteiger partial charge is 0.339 e. The number of rotatable bonds is 10. The van der Waals surface area contributed by atoms with Gasteiger partial charge < -0.3 is 20.1 Å². The van der Waals surface area contributed by atoms with E-state index in [-0.39, 0.29) is 11.3 Å². The second-order valence-corrected chi connectivity index (χ2v) is 13.8. The maximum atomic E-state index is 13.8. The van der Waals surface area contributed by atoms with Crippen LogP contribution in [0, 0.1) is 0 Å². The fourth-order valence-electron chi connectivity index (χ4n) is 6.38. The number of hydrogen-bond donors (Lipinski definition) is 2. The van der Waals surface area contributed by atoms with Crippen molar-refractivity contribution in [1.29, 1.82) is 0 Å². The molecule has 0 fully saturated rings. The predicted octanol–water partition coefficient (Wildman–Crippen LogP) is 8.19. The van der Waals surface area contributed by atoms with Crippen LogP contribution in [0.2, 0.25) is 0 Å². The Bertz CT molecular complexity index is 2090. The molecule has 6 rings (SSSR count). The second-order valence-electron chi connectivity index (χ2n) is 13.8. The Kier molecular flexibility index (Phi) is 10.6. The third-order valence-corrected chi connectivity index (χ3v) is 9.13. The van der Waals surface area contributed by atoms with Crippen molar-refractivity contribution in [2.45, 2.75) is 51.9 Å². The summed E-state index contributed by atoms with van der Waals surface area (Å²) in [6.45, 7) is 6.49. The van der Waals surface area contributed by atoms with E-state index < -0.39 is 18.5 Å². The molecule has 0 saturated heterocycles. The zero-order chi connectivity index (χ0) is 36.0. The highest BCUT2D eigenvalue weighted by atomic mass is 16.5. The number of carbonyl (C=O) groups excluding carboxylic acids is 3. The lowest BCUT2D eigenvalue weighted by Crippen LogP contribution is -2.28. The van der Waals surface area contributed by atoms with Gasteiger partial charge in [0.05, 0.1) is 35.1 Å². The van der Waals surface area contributed by atoms with Crippen LogP contribution >= 0.6 is 0 Å². The van der Waals surface area contributed by atoms with Crippen molar-refractivity contribution >= 4 is 46.0 Å². The molecule has 0 saturated carbocycles. The molecule has 0 unspecified atom stereocenters. The number of allylic oxidation sites excluding steroid dienone is 1. The minimum Gasteiger partial charge on any atom is -0.497 e. The third-order valence-electron chi connectivity index (χ3n) is 9.13. The number of aromatic nitrogens is 1. The van der Waals surface area contributed by atoms with Gasteiger partial charge in [0.2, 0.25) is 0 Å². The van der Waals surface area contributed by atoms with Crippen LogP contribution in [0.15, 0.2) is 97.1 Å². The van der Waals surface area contributed by atoms with Crippen molar-refractivity contribution in [3.63, 3.8) is 0 Å². The van der Waals surface area contributed by atoms with Gasteiger partial charge in [-0.3, -0.25) is 9.59 Å². The van der Waals surface area contributed by atoms with Crippen LogP contribution in [0.5, 0.6) is 5.75 Å². The number of hydrogen-bond acceptors (Lipinski definition) is 6. The van der Waals surface area contributed by atoms with E-state index in [0.717, 1.165) is 46.5 Å². The highest BCUT2D eigenvalue weighted by Crippen LogP contribution is 2.37. The first-order chi connectivity index (χ1) is 24.6. The number of fused-ring (bicyclic) bond motifs is 2. The zero-order valence-electron chi connectivity index (χ0n) is 29.5. The van der Waals surface area contributed by atoms with E-state index in [1.165, 1.54) is 5.56 Å². The summed E-state index contributed by atoms with van der Waals surface area (Å²) in [5, 5.41) is 6.36. The van der Waals surface area contributed by atoms with Gasteiger partial charge in [-0.2, -0.15) is 0 Å². The molecule has 1 heterocycles. The molecule has 2 N–H and O–H groups in total. The lowest BCUT2D eigenvalue weighted by molar-refractivity contribution is -0.119. The average molecular weight is 682 g/mol. The van der Waals surface area contributed by atoms with Gasteiger partial charge in [0.25, 0.3) is 11.8 Å². The molecule has 8 heteroatoms. The van der Waals surface area contributed by atoms with Crippen LogP contribution in [0.1, 0.15) is 82.3 Å². The number of carbonyl (C=O) groups is 3. The summed E-state index contributed by atoms with van der Waals surface area (Å²) in [7, 11) is 1.62. The maximum absolute atomic E-state index is 13.8. The first-order valence-corrected chi connectivity index (χ1v) is 17.3. The number of amides is 2. The highest BCUT2D eigenvalue weighted by Gasteiger charge is 2.27. The summed E-state index contributed by atoms with van der Waals surface area (Å²) in [4.78, 5) is 45.0. The van der Waals surface area contributed by atoms with Crippen LogP contribution in [-0.2, 0) is 27.8 Å². The molecule has 1 aliphatic carbocycles. The van der Waals surface area contributed by atoms with E-state index >= 15 is 0 Å². The molecule has 0 aliphatic heterocycles. The maximum Gasteiger partial charge on any atom is 0.339 e. The normalized spacial score (nSPS) is 13.4. The Balaban J connectivity index is 1.15. The summed E-state index contributed by atoms with van der Waals surface area (Å²) in [6.07, 6.45) is 5.16. The molecule has 2 amide bonds. The minimum absolute atomic E-state index is 0.0621. The monoisotopic (exact) mass is 681 g/mol. The Morgan fingerprint density at radius 1 is 0.863 bits per heavy atom. The minimum atomic E-state index is -0.583. The molecule has 0 atom stereocenters. The van der Waals surface area contributed by atoms with Crippen LogP contribution < -0.4 is 15.4 Å². The lowest BCUT2D eigenvalue weighted by atomic mass is 9.85. The molecule has 260 valence electrons. The third kappa shape index (κ3) is 8.35. The number of anilines is 1. The number of ether oxygens (including phenoxy) is 2. The molecule has 51 heavy (non-hydrogen) atoms. The van der Waals surface area contributed by atoms with Crippen LogP contribution in [0.25, 0.3) is 22.6 Å². The fraction of sp³-hybridized carbons (Fsp3) is 0.256. The van der Waals surface area contributed by atoms with E-state index in [1.54, 1.807) is 31.4 Å². The summed E-state index contributed by atoms with van der Waals surface area (Å²) in [6, 6.07) is 30.5. The first kappa shape index (κ1) is 35.1. The lowest BCUT2D eigenvalue weighted by Gasteiger charge is -2.23. The van der Waals surface area contributed by atoms with E-state index in [0.29, 0.717) is 47.1 Å². The zero-order valence-corrected chi connectivity index (χ0v) is 29.5. The molecule has 8 nitrogen and oxygen atoms in total. The molecule has 1 aromatic heterocycles. The van der Waals surface area contributed by atoms with Gasteiger partial charge in [0.15, 0.2) is 6.61 Å². The molecule has 1 aliphatic rings. The first-order valence-electron chi connectivity index (χ1n) is 17.3. The van der Waals surface area contributed by atoms with E-state index in [4.69, 9.17) is 14.5 Å². The van der Waals surface area contributed by atoms with Crippen LogP contribution in [0.3, 0.4) is 0 Å². The Morgan fingerprint density at radius 2 is 1.59 bits per heavy atom. The molecule has 0 bridgehead atoms. The van der Waals surface area contributed by atoms with Gasteiger partial charge >= 0.3 is 5.97 Å². The number of nitrogens with one attached hydrogen (secondary N) is 2. The topological polar surface area (TPSA) is 107 Å². The molecule has 5 aromatic rings. The van der Waals surface area contributed by atoms with Crippen molar-refractivity contribution < 1.29 is 23.9 Å². The summed E-state index contributed by atoms with van der Waals surface area (Å²) < 4.78 is 10.9. The van der Waals surface area contributed by atoms with Crippen LogP contribution in [0.4, 0.5) is 5.69 Å². The van der Waals surface area contributed by atoms with Gasteiger partial charge in [-0.15, -0.1) is 0 Å². The number of nitrogens with zero attached hydrogens (tertiary/aromatic N) is 1. The predicted molar refractivity (Wildman–Crippen MR) is 202 cm³/mol. The van der Waals surface area contributed by atoms with E-state index in [2.05, 4.69) is 61.7 Å². The Hall–Kier alpha value is -5.76. The average Bonchev–Trinajstić information content (AvgIpc) is 3.13. The van der Waals surface area contributed by atoms with E-state index in [9.17, 15) is 14.4 Å². The Labute approximate surface area is 298 Å². The van der Waals surface area contributed by atoms with Crippen molar-refractivity contribution in [3.05, 3.63) is 136 Å². The van der Waals surface area contributed by atoms with Gasteiger partial charge in [-0.05, 0) is 95.3 Å². The van der Waals surface area contributed by atoms with Gasteiger partial charge in [0.1, 0.15) is 5.75 Å². The van der Waals surface area contributed by atoms with Crippen molar-refractivity contribution in [3.8, 4) is 5.75 Å². The van der Waals surface area contributed by atoms with E-state index in [1.807, 2.05) is 48.5 Å². The number of pyridine rings is 1. The van der Waals surface area contributed by atoms with Crippen molar-refractivity contribution in [1.82, 2.24) is 10.3 Å².